The fourth-order valence-electron chi connectivity index (χ4n) is 1.51. The molecule has 0 fully saturated rings. The van der Waals surface area contributed by atoms with Gasteiger partial charge in [0, 0.05) is 20.0 Å². The van der Waals surface area contributed by atoms with E-state index in [2.05, 4.69) is 5.32 Å². The molecule has 0 aliphatic rings. The number of carbonyl (C=O) groups is 2. The van der Waals surface area contributed by atoms with Crippen molar-refractivity contribution in [2.45, 2.75) is 39.7 Å². The second kappa shape index (κ2) is 8.06. The van der Waals surface area contributed by atoms with Crippen molar-refractivity contribution in [1.82, 2.24) is 10.2 Å². The molecule has 100 valence electrons. The van der Waals surface area contributed by atoms with E-state index in [-0.39, 0.29) is 17.7 Å². The Morgan fingerprint density at radius 2 is 1.94 bits per heavy atom. The summed E-state index contributed by atoms with van der Waals surface area (Å²) in [6.45, 7) is 6.74. The summed E-state index contributed by atoms with van der Waals surface area (Å²) in [6, 6.07) is -0.470. The van der Waals surface area contributed by atoms with Crippen molar-refractivity contribution in [3.63, 3.8) is 0 Å². The number of carbonyl (C=O) groups excluding carboxylic acids is 2. The van der Waals surface area contributed by atoms with Gasteiger partial charge in [0.2, 0.25) is 11.8 Å². The predicted molar refractivity (Wildman–Crippen MR) is 68.4 cm³/mol. The summed E-state index contributed by atoms with van der Waals surface area (Å²) in [5.41, 5.74) is 5.54. The first-order valence-corrected chi connectivity index (χ1v) is 6.20. The van der Waals surface area contributed by atoms with E-state index in [1.165, 1.54) is 0 Å². The quantitative estimate of drug-likeness (QED) is 0.677. The minimum Gasteiger partial charge on any atom is -0.345 e. The van der Waals surface area contributed by atoms with Crippen LogP contribution in [-0.2, 0) is 9.59 Å². The number of hydrogen-bond donors (Lipinski definition) is 2. The maximum absolute atomic E-state index is 11.7. The Morgan fingerprint density at radius 3 is 2.35 bits per heavy atom. The number of likely N-dealkylation sites (N-methyl/N-ethyl adjacent to an activating group) is 1. The molecule has 0 aromatic carbocycles. The van der Waals surface area contributed by atoms with E-state index < -0.39 is 6.04 Å². The molecule has 0 radical (unpaired) electrons. The first kappa shape index (κ1) is 15.9. The summed E-state index contributed by atoms with van der Waals surface area (Å²) >= 11 is 0. The molecule has 2 unspecified atom stereocenters. The van der Waals surface area contributed by atoms with E-state index in [1.807, 2.05) is 13.8 Å². The monoisotopic (exact) mass is 243 g/mol. The zero-order chi connectivity index (χ0) is 13.4. The Morgan fingerprint density at radius 1 is 1.35 bits per heavy atom. The largest absolute Gasteiger partial charge is 0.345 e. The van der Waals surface area contributed by atoms with Crippen LogP contribution < -0.4 is 11.1 Å². The van der Waals surface area contributed by atoms with Crippen LogP contribution in [0.2, 0.25) is 0 Å². The van der Waals surface area contributed by atoms with Crippen LogP contribution in [0.3, 0.4) is 0 Å². The van der Waals surface area contributed by atoms with E-state index >= 15 is 0 Å². The van der Waals surface area contributed by atoms with Crippen molar-refractivity contribution >= 4 is 11.8 Å². The number of rotatable bonds is 7. The van der Waals surface area contributed by atoms with Gasteiger partial charge in [-0.05, 0) is 26.3 Å². The van der Waals surface area contributed by atoms with Crippen molar-refractivity contribution in [3.8, 4) is 0 Å². The molecule has 3 N–H and O–H groups in total. The molecule has 2 atom stereocenters. The van der Waals surface area contributed by atoms with Gasteiger partial charge in [-0.25, -0.2) is 0 Å². The number of nitrogens with zero attached hydrogens (tertiary/aromatic N) is 1. The smallest absolute Gasteiger partial charge is 0.244 e. The Kier molecular flexibility index (Phi) is 7.54. The van der Waals surface area contributed by atoms with Crippen molar-refractivity contribution in [3.05, 3.63) is 0 Å². The average molecular weight is 243 g/mol. The molecule has 17 heavy (non-hydrogen) atoms. The predicted octanol–water partition coefficient (Wildman–Crippen LogP) is 0.344. The topological polar surface area (TPSA) is 75.4 Å². The van der Waals surface area contributed by atoms with Crippen LogP contribution in [0.1, 0.15) is 33.6 Å². The highest BCUT2D eigenvalue weighted by Crippen LogP contribution is 2.05. The van der Waals surface area contributed by atoms with Crippen LogP contribution in [0.15, 0.2) is 0 Å². The summed E-state index contributed by atoms with van der Waals surface area (Å²) in [7, 11) is 1.72. The SMILES string of the molecule is CCC(CN)CC(=O)NC(C)C(=O)N(C)CC. The molecule has 0 saturated heterocycles. The first-order valence-electron chi connectivity index (χ1n) is 6.20. The minimum atomic E-state index is -0.470. The average Bonchev–Trinajstić information content (AvgIpc) is 2.33. The van der Waals surface area contributed by atoms with Crippen molar-refractivity contribution in [2.24, 2.45) is 11.7 Å². The molecule has 0 bridgehead atoms. The number of nitrogens with two attached hydrogens (primary N) is 1. The lowest BCUT2D eigenvalue weighted by molar-refractivity contribution is -0.135. The van der Waals surface area contributed by atoms with Crippen LogP contribution in [0.5, 0.6) is 0 Å². The number of amides is 2. The summed E-state index contributed by atoms with van der Waals surface area (Å²) in [5.74, 6) is 0.0236. The van der Waals surface area contributed by atoms with E-state index in [9.17, 15) is 9.59 Å². The third-order valence-corrected chi connectivity index (χ3v) is 2.98. The van der Waals surface area contributed by atoms with Crippen LogP contribution in [0, 0.1) is 5.92 Å². The molecule has 0 heterocycles. The van der Waals surface area contributed by atoms with Gasteiger partial charge in [0.1, 0.15) is 6.04 Å². The van der Waals surface area contributed by atoms with Gasteiger partial charge in [-0.15, -0.1) is 0 Å². The van der Waals surface area contributed by atoms with E-state index in [0.717, 1.165) is 6.42 Å². The highest BCUT2D eigenvalue weighted by molar-refractivity contribution is 5.87. The molecule has 5 heteroatoms. The van der Waals surface area contributed by atoms with Gasteiger partial charge in [-0.1, -0.05) is 13.3 Å². The van der Waals surface area contributed by atoms with E-state index in [0.29, 0.717) is 19.5 Å². The summed E-state index contributed by atoms with van der Waals surface area (Å²) in [6.07, 6.45) is 1.27. The molecule has 0 saturated carbocycles. The number of nitrogens with one attached hydrogen (secondary N) is 1. The van der Waals surface area contributed by atoms with Crippen LogP contribution in [0.25, 0.3) is 0 Å². The van der Waals surface area contributed by atoms with Gasteiger partial charge in [-0.2, -0.15) is 0 Å². The maximum Gasteiger partial charge on any atom is 0.244 e. The molecule has 0 spiro atoms. The van der Waals surface area contributed by atoms with Gasteiger partial charge in [0.15, 0.2) is 0 Å². The molecule has 0 rings (SSSR count). The minimum absolute atomic E-state index is 0.0679. The third kappa shape index (κ3) is 5.68. The van der Waals surface area contributed by atoms with Gasteiger partial charge >= 0.3 is 0 Å². The zero-order valence-electron chi connectivity index (χ0n) is 11.3. The Labute approximate surface area is 104 Å². The van der Waals surface area contributed by atoms with Crippen molar-refractivity contribution in [2.75, 3.05) is 20.1 Å². The second-order valence-electron chi connectivity index (χ2n) is 4.36. The molecule has 5 nitrogen and oxygen atoms in total. The maximum atomic E-state index is 11.7. The van der Waals surface area contributed by atoms with Crippen molar-refractivity contribution in [1.29, 1.82) is 0 Å². The first-order chi connectivity index (χ1) is 7.96. The highest BCUT2D eigenvalue weighted by atomic mass is 16.2. The lowest BCUT2D eigenvalue weighted by Crippen LogP contribution is -2.46. The van der Waals surface area contributed by atoms with Gasteiger partial charge in [-0.3, -0.25) is 9.59 Å². The summed E-state index contributed by atoms with van der Waals surface area (Å²) in [5, 5.41) is 2.71. The van der Waals surface area contributed by atoms with Gasteiger partial charge < -0.3 is 16.0 Å². The summed E-state index contributed by atoms with van der Waals surface area (Å²) in [4.78, 5) is 25.0. The van der Waals surface area contributed by atoms with Gasteiger partial charge in [0.25, 0.3) is 0 Å². The zero-order valence-corrected chi connectivity index (χ0v) is 11.3. The lowest BCUT2D eigenvalue weighted by atomic mass is 10.0. The molecule has 0 aliphatic carbocycles. The number of hydrogen-bond acceptors (Lipinski definition) is 3. The van der Waals surface area contributed by atoms with E-state index in [4.69, 9.17) is 5.73 Å². The third-order valence-electron chi connectivity index (χ3n) is 2.98. The van der Waals surface area contributed by atoms with Crippen LogP contribution >= 0.6 is 0 Å². The fraction of sp³-hybridized carbons (Fsp3) is 0.833. The molecule has 2 amide bonds. The Bertz CT molecular complexity index is 252. The second-order valence-corrected chi connectivity index (χ2v) is 4.36. The van der Waals surface area contributed by atoms with Crippen molar-refractivity contribution < 1.29 is 9.59 Å². The molecule has 0 aromatic heterocycles. The summed E-state index contributed by atoms with van der Waals surface area (Å²) < 4.78 is 0. The van der Waals surface area contributed by atoms with Crippen LogP contribution in [-0.4, -0.2) is 42.9 Å². The molecular weight excluding hydrogens is 218 g/mol. The van der Waals surface area contributed by atoms with Crippen LogP contribution in [0.4, 0.5) is 0 Å². The fourth-order valence-corrected chi connectivity index (χ4v) is 1.51. The molecule has 0 aliphatic heterocycles. The molecular formula is C12H25N3O2. The van der Waals surface area contributed by atoms with E-state index in [1.54, 1.807) is 18.9 Å². The normalized spacial score (nSPS) is 13.9. The lowest BCUT2D eigenvalue weighted by Gasteiger charge is -2.21. The Balaban J connectivity index is 4.15. The Hall–Kier alpha value is -1.10. The highest BCUT2D eigenvalue weighted by Gasteiger charge is 2.19. The standard InChI is InChI=1S/C12H25N3O2/c1-5-10(8-13)7-11(16)14-9(3)12(17)15(4)6-2/h9-10H,5-8,13H2,1-4H3,(H,14,16). The molecule has 0 aromatic rings. The van der Waals surface area contributed by atoms with Gasteiger partial charge in [0.05, 0.1) is 0 Å².